The summed E-state index contributed by atoms with van der Waals surface area (Å²) >= 11 is 1.66. The van der Waals surface area contributed by atoms with Gasteiger partial charge in [-0.3, -0.25) is 9.78 Å². The molecule has 1 saturated heterocycles. The van der Waals surface area contributed by atoms with E-state index < -0.39 is 6.29 Å². The average Bonchev–Trinajstić information content (AvgIpc) is 2.92. The number of hydrogen-bond acceptors (Lipinski definition) is 7. The number of rotatable bonds is 10. The minimum Gasteiger partial charge on any atom is -0.396 e. The van der Waals surface area contributed by atoms with E-state index >= 15 is 0 Å². The van der Waals surface area contributed by atoms with E-state index in [1.165, 1.54) is 0 Å². The molecule has 1 aliphatic rings. The van der Waals surface area contributed by atoms with Crippen molar-refractivity contribution in [1.29, 1.82) is 0 Å². The molecule has 35 heavy (non-hydrogen) atoms. The quantitative estimate of drug-likeness (QED) is 0.369. The summed E-state index contributed by atoms with van der Waals surface area (Å²) < 4.78 is 12.6. The van der Waals surface area contributed by atoms with E-state index in [4.69, 9.17) is 14.6 Å². The smallest absolute Gasteiger partial charge is 0.253 e. The number of nitrogens with zero attached hydrogens (tertiary/aromatic N) is 1. The molecule has 184 valence electrons. The number of carbonyl (C=O) groups is 1. The van der Waals surface area contributed by atoms with Crippen molar-refractivity contribution in [2.45, 2.75) is 38.1 Å². The van der Waals surface area contributed by atoms with Crippen molar-refractivity contribution in [3.05, 3.63) is 101 Å². The zero-order valence-corrected chi connectivity index (χ0v) is 20.2. The molecule has 4 rings (SSSR count). The van der Waals surface area contributed by atoms with Gasteiger partial charge in [0.15, 0.2) is 6.29 Å². The monoisotopic (exact) mass is 494 g/mol. The van der Waals surface area contributed by atoms with E-state index in [-0.39, 0.29) is 31.3 Å². The molecule has 1 amide bonds. The third-order valence-electron chi connectivity index (χ3n) is 5.78. The number of pyridine rings is 1. The van der Waals surface area contributed by atoms with Crippen molar-refractivity contribution >= 4 is 17.7 Å². The van der Waals surface area contributed by atoms with Gasteiger partial charge in [0.2, 0.25) is 0 Å². The van der Waals surface area contributed by atoms with Gasteiger partial charge in [0.1, 0.15) is 0 Å². The average molecular weight is 495 g/mol. The Kier molecular flexibility index (Phi) is 9.28. The Morgan fingerprint density at radius 1 is 1.00 bits per heavy atom. The Bertz CT molecular complexity index is 1060. The van der Waals surface area contributed by atoms with Crippen LogP contribution in [0.2, 0.25) is 0 Å². The highest BCUT2D eigenvalue weighted by molar-refractivity contribution is 7.99. The van der Waals surface area contributed by atoms with Crippen molar-refractivity contribution in [2.75, 3.05) is 18.1 Å². The Balaban J connectivity index is 1.42. The number of hydrogen-bond donors (Lipinski definition) is 3. The van der Waals surface area contributed by atoms with Crippen molar-refractivity contribution in [2.24, 2.45) is 0 Å². The Hall–Kier alpha value is -2.75. The second kappa shape index (κ2) is 12.8. The second-order valence-corrected chi connectivity index (χ2v) is 9.46. The van der Waals surface area contributed by atoms with Crippen LogP contribution in [-0.4, -0.2) is 45.3 Å². The highest BCUT2D eigenvalue weighted by Gasteiger charge is 2.32. The summed E-state index contributed by atoms with van der Waals surface area (Å²) in [6.45, 7) is 0.551. The summed E-state index contributed by atoms with van der Waals surface area (Å²) in [5.74, 6) is 1.27. The van der Waals surface area contributed by atoms with Crippen LogP contribution >= 0.6 is 11.8 Å². The summed E-state index contributed by atoms with van der Waals surface area (Å²) in [5.41, 5.74) is 4.30. The Morgan fingerprint density at radius 2 is 1.74 bits per heavy atom. The van der Waals surface area contributed by atoms with Crippen molar-refractivity contribution in [3.63, 3.8) is 0 Å². The molecule has 0 spiro atoms. The van der Waals surface area contributed by atoms with Gasteiger partial charge in [-0.05, 0) is 28.8 Å². The van der Waals surface area contributed by atoms with E-state index in [1.807, 2.05) is 48.5 Å². The molecule has 3 atom stereocenters. The molecule has 8 heteroatoms. The maximum Gasteiger partial charge on any atom is 0.253 e. The topological polar surface area (TPSA) is 101 Å². The largest absolute Gasteiger partial charge is 0.396 e. The van der Waals surface area contributed by atoms with Crippen LogP contribution in [0.1, 0.15) is 51.4 Å². The lowest BCUT2D eigenvalue weighted by Gasteiger charge is -2.36. The lowest BCUT2D eigenvalue weighted by Crippen LogP contribution is -2.31. The first-order chi connectivity index (χ1) is 17.2. The maximum absolute atomic E-state index is 12.3. The number of benzene rings is 2. The molecule has 0 radical (unpaired) electrons. The van der Waals surface area contributed by atoms with Crippen LogP contribution in [0.3, 0.4) is 0 Å². The molecule has 0 unspecified atom stereocenters. The van der Waals surface area contributed by atoms with Crippen LogP contribution in [0.25, 0.3) is 0 Å². The van der Waals surface area contributed by atoms with Gasteiger partial charge in [0, 0.05) is 42.4 Å². The first-order valence-corrected chi connectivity index (χ1v) is 12.8. The summed E-state index contributed by atoms with van der Waals surface area (Å²) in [4.78, 5) is 16.2. The predicted molar refractivity (Wildman–Crippen MR) is 135 cm³/mol. The molecule has 1 aromatic heterocycles. The number of nitrogens with one attached hydrogen (secondary N) is 1. The van der Waals surface area contributed by atoms with Gasteiger partial charge < -0.3 is 25.0 Å². The van der Waals surface area contributed by atoms with Gasteiger partial charge in [-0.2, -0.15) is 11.8 Å². The van der Waals surface area contributed by atoms with Gasteiger partial charge in [0.05, 0.1) is 31.0 Å². The van der Waals surface area contributed by atoms with Crippen molar-refractivity contribution < 1.29 is 24.5 Å². The molecular formula is C27H30N2O5S. The van der Waals surface area contributed by atoms with Crippen LogP contribution in [0.15, 0.2) is 73.1 Å². The SMILES string of the molecule is O=C(NCc1ccc([C@H]2O[C@@H](CSCCO)C[C@@H](c3ccc(CO)cc3)O2)cc1)c1cccnc1. The van der Waals surface area contributed by atoms with Gasteiger partial charge in [-0.1, -0.05) is 48.5 Å². The lowest BCUT2D eigenvalue weighted by atomic mass is 10.0. The van der Waals surface area contributed by atoms with E-state index in [2.05, 4.69) is 10.3 Å². The zero-order chi connectivity index (χ0) is 24.5. The molecule has 0 aliphatic carbocycles. The summed E-state index contributed by atoms with van der Waals surface area (Å²) in [6.07, 6.45) is 3.21. The van der Waals surface area contributed by atoms with E-state index in [0.29, 0.717) is 24.3 Å². The van der Waals surface area contributed by atoms with Crippen LogP contribution in [-0.2, 0) is 22.6 Å². The molecule has 2 heterocycles. The first-order valence-electron chi connectivity index (χ1n) is 11.6. The molecule has 3 aromatic rings. The number of aliphatic hydroxyl groups excluding tert-OH is 2. The third-order valence-corrected chi connectivity index (χ3v) is 6.86. The van der Waals surface area contributed by atoms with Crippen LogP contribution < -0.4 is 5.32 Å². The molecule has 0 saturated carbocycles. The molecule has 7 nitrogen and oxygen atoms in total. The van der Waals surface area contributed by atoms with Crippen LogP contribution in [0.5, 0.6) is 0 Å². The third kappa shape index (κ3) is 7.13. The normalized spacial score (nSPS) is 19.9. The van der Waals surface area contributed by atoms with Gasteiger partial charge in [-0.25, -0.2) is 0 Å². The standard InChI is InChI=1S/C27H30N2O5S/c30-12-13-35-18-24-14-25(21-7-5-20(17-31)6-8-21)34-27(33-24)22-9-3-19(4-10-22)15-29-26(32)23-2-1-11-28-16-23/h1-11,16,24-25,27,30-31H,12-15,17-18H2,(H,29,32)/t24-,25+,27+/m1/s1. The molecule has 2 aromatic carbocycles. The number of aliphatic hydroxyl groups is 2. The van der Waals surface area contributed by atoms with E-state index in [1.54, 1.807) is 36.3 Å². The molecular weight excluding hydrogens is 464 g/mol. The molecule has 0 bridgehead atoms. The zero-order valence-electron chi connectivity index (χ0n) is 19.4. The first kappa shape index (κ1) is 25.3. The van der Waals surface area contributed by atoms with Gasteiger partial charge in [-0.15, -0.1) is 0 Å². The predicted octanol–water partition coefficient (Wildman–Crippen LogP) is 3.77. The van der Waals surface area contributed by atoms with Crippen LogP contribution in [0, 0.1) is 0 Å². The highest BCUT2D eigenvalue weighted by Crippen LogP contribution is 2.38. The number of carbonyl (C=O) groups excluding carboxylic acids is 1. The van der Waals surface area contributed by atoms with E-state index in [9.17, 15) is 9.90 Å². The van der Waals surface area contributed by atoms with Gasteiger partial charge >= 0.3 is 0 Å². The molecule has 1 fully saturated rings. The number of amides is 1. The fourth-order valence-corrected chi connectivity index (χ4v) is 4.65. The molecule has 1 aliphatic heterocycles. The van der Waals surface area contributed by atoms with E-state index in [0.717, 1.165) is 28.0 Å². The van der Waals surface area contributed by atoms with Crippen molar-refractivity contribution in [1.82, 2.24) is 10.3 Å². The Morgan fingerprint density at radius 3 is 2.43 bits per heavy atom. The Labute approximate surface area is 209 Å². The number of aromatic nitrogens is 1. The summed E-state index contributed by atoms with van der Waals surface area (Å²) in [5, 5.41) is 21.4. The van der Waals surface area contributed by atoms with Gasteiger partial charge in [0.25, 0.3) is 5.91 Å². The summed E-state index contributed by atoms with van der Waals surface area (Å²) in [7, 11) is 0. The number of ether oxygens (including phenoxy) is 2. The van der Waals surface area contributed by atoms with Crippen LogP contribution in [0.4, 0.5) is 0 Å². The second-order valence-electron chi connectivity index (χ2n) is 8.31. The minimum atomic E-state index is -0.523. The minimum absolute atomic E-state index is 0.00695. The maximum atomic E-state index is 12.3. The highest BCUT2D eigenvalue weighted by atomic mass is 32.2. The van der Waals surface area contributed by atoms with Crippen molar-refractivity contribution in [3.8, 4) is 0 Å². The fraction of sp³-hybridized carbons (Fsp3) is 0.333. The number of thioether (sulfide) groups is 1. The fourth-order valence-electron chi connectivity index (χ4n) is 3.88. The lowest BCUT2D eigenvalue weighted by molar-refractivity contribution is -0.245. The summed E-state index contributed by atoms with van der Waals surface area (Å²) in [6, 6.07) is 19.1. The molecule has 3 N–H and O–H groups in total.